The number of phosphoric acid groups is 1. The monoisotopic (exact) mass is 123 g/mol. The van der Waals surface area contributed by atoms with Crippen LogP contribution in [0.3, 0.4) is 0 Å². The second-order valence-electron chi connectivity index (χ2n) is 0.513. The molecular formula is H5NaO4P. The van der Waals surface area contributed by atoms with E-state index in [9.17, 15) is 0 Å². The summed E-state index contributed by atoms with van der Waals surface area (Å²) in [6.07, 6.45) is 0. The van der Waals surface area contributed by atoms with Crippen molar-refractivity contribution in [2.45, 2.75) is 0 Å². The molecule has 6 heteroatoms. The van der Waals surface area contributed by atoms with E-state index in [0.29, 0.717) is 0 Å². The van der Waals surface area contributed by atoms with E-state index in [-0.39, 0.29) is 31.0 Å². The van der Waals surface area contributed by atoms with Crippen molar-refractivity contribution < 1.29 is 20.7 Å². The van der Waals surface area contributed by atoms with Crippen LogP contribution in [0, 0.1) is 0 Å². The summed E-state index contributed by atoms with van der Waals surface area (Å²) in [6.45, 7) is 0. The van der Waals surface area contributed by atoms with Gasteiger partial charge in [0.1, 0.15) is 0 Å². The fraction of sp³-hybridized carbons (Fsp3) is 0. The molecule has 1 radical (unpaired) electrons. The van der Waals surface area contributed by atoms with Crippen LogP contribution in [0.5, 0.6) is 0 Å². The summed E-state index contributed by atoms with van der Waals surface area (Å²) in [5.74, 6) is 0. The van der Waals surface area contributed by atoms with Gasteiger partial charge in [-0.25, -0.2) is 4.57 Å². The van der Waals surface area contributed by atoms with Gasteiger partial charge in [0, 0.05) is 1.43 Å². The molecule has 0 unspecified atom stereocenters. The molecule has 0 fully saturated rings. The Labute approximate surface area is 58.2 Å². The molecule has 0 spiro atoms. The van der Waals surface area contributed by atoms with Gasteiger partial charge in [-0.05, 0) is 0 Å². The summed E-state index contributed by atoms with van der Waals surface area (Å²) >= 11 is 0. The summed E-state index contributed by atoms with van der Waals surface area (Å²) < 4.78 is 8.88. The molecule has 0 saturated heterocycles. The predicted molar refractivity (Wildman–Crippen MR) is 22.5 cm³/mol. The van der Waals surface area contributed by atoms with Gasteiger partial charge >= 0.3 is 37.4 Å². The molecule has 0 bridgehead atoms. The van der Waals surface area contributed by atoms with Crippen LogP contribution in [0.4, 0.5) is 0 Å². The van der Waals surface area contributed by atoms with Crippen LogP contribution < -0.4 is 0 Å². The van der Waals surface area contributed by atoms with E-state index >= 15 is 0 Å². The molecule has 0 aromatic heterocycles. The van der Waals surface area contributed by atoms with Crippen molar-refractivity contribution in [2.24, 2.45) is 0 Å². The van der Waals surface area contributed by atoms with Crippen molar-refractivity contribution in [3.63, 3.8) is 0 Å². The van der Waals surface area contributed by atoms with Crippen LogP contribution >= 0.6 is 7.82 Å². The van der Waals surface area contributed by atoms with Gasteiger partial charge in [-0.1, -0.05) is 0 Å². The summed E-state index contributed by atoms with van der Waals surface area (Å²) in [5, 5.41) is 0. The normalized spacial score (nSPS) is 9.83. The van der Waals surface area contributed by atoms with Crippen molar-refractivity contribution in [3.8, 4) is 0 Å². The Hall–Kier alpha value is 1.11. The minimum absolute atomic E-state index is 0. The minimum atomic E-state index is -4.64. The molecule has 0 atom stereocenters. The van der Waals surface area contributed by atoms with Gasteiger partial charge in [0.25, 0.3) is 0 Å². The van der Waals surface area contributed by atoms with Gasteiger partial charge in [0.2, 0.25) is 0 Å². The standard InChI is InChI=1S/Na.H3O4P.2H/c;1-5(2,3)4;;/h;(H3,1,2,3,4);;. The number of rotatable bonds is 0. The molecule has 0 saturated carbocycles. The second kappa shape index (κ2) is 3.16. The third-order valence-electron chi connectivity index (χ3n) is 0. The van der Waals surface area contributed by atoms with E-state index in [0.717, 1.165) is 0 Å². The van der Waals surface area contributed by atoms with Crippen LogP contribution in [0.1, 0.15) is 1.43 Å². The van der Waals surface area contributed by atoms with Crippen LogP contribution in [0.15, 0.2) is 0 Å². The topological polar surface area (TPSA) is 77.8 Å². The SMILES string of the molecule is O=P(O)(O)O.[H].[NaH]. The summed E-state index contributed by atoms with van der Waals surface area (Å²) in [5.41, 5.74) is 0. The first kappa shape index (κ1) is 10.2. The van der Waals surface area contributed by atoms with Gasteiger partial charge < -0.3 is 14.7 Å². The Bertz CT molecular complexity index is 57.8. The van der Waals surface area contributed by atoms with Gasteiger partial charge in [-0.15, -0.1) is 0 Å². The quantitative estimate of drug-likeness (QED) is 0.271. The van der Waals surface area contributed by atoms with Crippen molar-refractivity contribution in [2.75, 3.05) is 0 Å². The van der Waals surface area contributed by atoms with Crippen LogP contribution in [-0.2, 0) is 4.57 Å². The first-order chi connectivity index (χ1) is 2.00. The molecule has 35 valence electrons. The molecule has 4 nitrogen and oxygen atoms in total. The maximum absolute atomic E-state index is 8.88. The van der Waals surface area contributed by atoms with Crippen LogP contribution in [0.25, 0.3) is 0 Å². The number of hydrogen-bond acceptors (Lipinski definition) is 1. The molecular weight excluding hydrogens is 118 g/mol. The van der Waals surface area contributed by atoms with E-state index in [2.05, 4.69) is 0 Å². The van der Waals surface area contributed by atoms with Crippen LogP contribution in [0.2, 0.25) is 0 Å². The number of hydrogen-bond donors (Lipinski definition) is 3. The van der Waals surface area contributed by atoms with Gasteiger partial charge in [0.15, 0.2) is 0 Å². The van der Waals surface area contributed by atoms with Gasteiger partial charge in [0.05, 0.1) is 0 Å². The van der Waals surface area contributed by atoms with E-state index in [1.54, 1.807) is 0 Å². The van der Waals surface area contributed by atoms with Gasteiger partial charge in [-0.2, -0.15) is 0 Å². The Morgan fingerprint density at radius 2 is 1.33 bits per heavy atom. The van der Waals surface area contributed by atoms with E-state index in [4.69, 9.17) is 19.2 Å². The Kier molecular flexibility index (Phi) is 5.35. The fourth-order valence-corrected chi connectivity index (χ4v) is 0. The molecule has 0 heterocycles. The first-order valence-corrected chi connectivity index (χ1v) is 2.35. The average molecular weight is 123 g/mol. The molecule has 0 aromatic rings. The molecule has 6 heavy (non-hydrogen) atoms. The fourth-order valence-electron chi connectivity index (χ4n) is 0. The molecule has 0 aliphatic carbocycles. The van der Waals surface area contributed by atoms with Crippen LogP contribution in [-0.4, -0.2) is 44.2 Å². The Balaban J connectivity index is -0.0000000800. The summed E-state index contributed by atoms with van der Waals surface area (Å²) in [7, 11) is -4.64. The molecule has 0 aliphatic rings. The third-order valence-corrected chi connectivity index (χ3v) is 0. The zero-order valence-electron chi connectivity index (χ0n) is 3.20. The van der Waals surface area contributed by atoms with E-state index in [1.807, 2.05) is 0 Å². The maximum atomic E-state index is 8.88. The van der Waals surface area contributed by atoms with E-state index < -0.39 is 7.82 Å². The third kappa shape index (κ3) is 70.1. The van der Waals surface area contributed by atoms with Crippen molar-refractivity contribution in [3.05, 3.63) is 0 Å². The Morgan fingerprint density at radius 1 is 1.33 bits per heavy atom. The second-order valence-corrected chi connectivity index (χ2v) is 1.54. The average Bonchev–Trinajstić information content (AvgIpc) is 0.722. The molecule has 0 amide bonds. The zero-order chi connectivity index (χ0) is 4.50. The molecule has 0 rings (SSSR count). The van der Waals surface area contributed by atoms with E-state index in [1.165, 1.54) is 0 Å². The Morgan fingerprint density at radius 3 is 1.33 bits per heavy atom. The van der Waals surface area contributed by atoms with Crippen molar-refractivity contribution in [1.29, 1.82) is 0 Å². The first-order valence-electron chi connectivity index (χ1n) is 0.783. The predicted octanol–water partition coefficient (Wildman–Crippen LogP) is -1.46. The molecule has 3 N–H and O–H groups in total. The van der Waals surface area contributed by atoms with Crippen molar-refractivity contribution >= 4 is 37.4 Å². The molecule has 0 aliphatic heterocycles. The van der Waals surface area contributed by atoms with Crippen molar-refractivity contribution in [1.82, 2.24) is 0 Å². The summed E-state index contributed by atoms with van der Waals surface area (Å²) in [4.78, 5) is 21.6. The molecule has 0 aromatic carbocycles. The summed E-state index contributed by atoms with van der Waals surface area (Å²) in [6, 6.07) is 0. The van der Waals surface area contributed by atoms with Gasteiger partial charge in [-0.3, -0.25) is 0 Å². The zero-order valence-corrected chi connectivity index (χ0v) is 3.09.